The molecule has 0 aliphatic rings. The summed E-state index contributed by atoms with van der Waals surface area (Å²) in [5.41, 5.74) is -2.64. The number of carbonyl (C=O) groups is 1. The molecule has 0 aliphatic carbocycles. The Morgan fingerprint density at radius 3 is 2.50 bits per heavy atom. The van der Waals surface area contributed by atoms with Crippen molar-refractivity contribution in [2.75, 3.05) is 7.11 Å². The Morgan fingerprint density at radius 2 is 1.95 bits per heavy atom. The molecule has 22 heavy (non-hydrogen) atoms. The number of ether oxygens (including phenoxy) is 1. The Labute approximate surface area is 122 Å². The fraction of sp³-hybridized carbons (Fsp3) is 0.143. The molecule has 2 rings (SSSR count). The third-order valence-electron chi connectivity index (χ3n) is 2.87. The van der Waals surface area contributed by atoms with Gasteiger partial charge in [-0.25, -0.2) is 9.18 Å². The summed E-state index contributed by atoms with van der Waals surface area (Å²) in [6.45, 7) is 0. The van der Waals surface area contributed by atoms with E-state index in [-0.39, 0.29) is 11.3 Å². The molecule has 0 bridgehead atoms. The van der Waals surface area contributed by atoms with Crippen molar-refractivity contribution >= 4 is 5.97 Å². The number of rotatable bonds is 3. The quantitative estimate of drug-likeness (QED) is 0.879. The maximum atomic E-state index is 13.9. The van der Waals surface area contributed by atoms with Crippen molar-refractivity contribution in [3.8, 4) is 17.0 Å². The highest BCUT2D eigenvalue weighted by Gasteiger charge is 2.33. The van der Waals surface area contributed by atoms with Crippen LogP contribution in [-0.2, 0) is 6.18 Å². The van der Waals surface area contributed by atoms with Crippen LogP contribution in [0.4, 0.5) is 17.6 Å². The number of hydrogen-bond acceptors (Lipinski definition) is 3. The lowest BCUT2D eigenvalue weighted by molar-refractivity contribution is -0.137. The van der Waals surface area contributed by atoms with Crippen molar-refractivity contribution in [2.45, 2.75) is 6.18 Å². The van der Waals surface area contributed by atoms with E-state index in [9.17, 15) is 22.4 Å². The first-order chi connectivity index (χ1) is 10.2. The molecular formula is C14H9F4NO3. The fourth-order valence-electron chi connectivity index (χ4n) is 1.81. The van der Waals surface area contributed by atoms with Crippen LogP contribution in [-0.4, -0.2) is 23.2 Å². The lowest BCUT2D eigenvalue weighted by Gasteiger charge is -2.11. The number of aromatic nitrogens is 1. The Morgan fingerprint density at radius 1 is 1.27 bits per heavy atom. The number of methoxy groups -OCH3 is 1. The maximum Gasteiger partial charge on any atom is 0.417 e. The van der Waals surface area contributed by atoms with Crippen molar-refractivity contribution in [3.63, 3.8) is 0 Å². The Balaban J connectivity index is 2.68. The van der Waals surface area contributed by atoms with Gasteiger partial charge in [-0.1, -0.05) is 0 Å². The Bertz CT molecular complexity index is 729. The Hall–Kier alpha value is -2.64. The largest absolute Gasteiger partial charge is 0.497 e. The van der Waals surface area contributed by atoms with Crippen LogP contribution < -0.4 is 4.74 Å². The summed E-state index contributed by atoms with van der Waals surface area (Å²) in [7, 11) is 1.31. The average Bonchev–Trinajstić information content (AvgIpc) is 2.46. The first kappa shape index (κ1) is 15.7. The summed E-state index contributed by atoms with van der Waals surface area (Å²) < 4.78 is 56.7. The molecule has 1 N–H and O–H groups in total. The van der Waals surface area contributed by atoms with Gasteiger partial charge in [-0.05, 0) is 24.3 Å². The van der Waals surface area contributed by atoms with Crippen molar-refractivity contribution in [1.82, 2.24) is 4.98 Å². The zero-order valence-electron chi connectivity index (χ0n) is 11.1. The molecule has 4 nitrogen and oxygen atoms in total. The summed E-state index contributed by atoms with van der Waals surface area (Å²) in [5.74, 6) is -2.25. The van der Waals surface area contributed by atoms with Gasteiger partial charge in [-0.3, -0.25) is 4.98 Å². The number of carboxylic acid groups (broad SMARTS) is 1. The number of halogens is 4. The lowest BCUT2D eigenvalue weighted by Crippen LogP contribution is -2.10. The van der Waals surface area contributed by atoms with Crippen LogP contribution in [0.1, 0.15) is 15.9 Å². The second-order valence-electron chi connectivity index (χ2n) is 4.27. The third kappa shape index (κ3) is 3.00. The highest BCUT2D eigenvalue weighted by molar-refractivity contribution is 5.95. The number of aromatic carboxylic acids is 1. The van der Waals surface area contributed by atoms with Crippen LogP contribution in [0.3, 0.4) is 0 Å². The summed E-state index contributed by atoms with van der Waals surface area (Å²) >= 11 is 0. The first-order valence-corrected chi connectivity index (χ1v) is 5.88. The molecule has 0 amide bonds. The van der Waals surface area contributed by atoms with Crippen molar-refractivity contribution in [3.05, 3.63) is 47.4 Å². The molecule has 8 heteroatoms. The van der Waals surface area contributed by atoms with E-state index >= 15 is 0 Å². The van der Waals surface area contributed by atoms with E-state index in [1.54, 1.807) is 0 Å². The van der Waals surface area contributed by atoms with Gasteiger partial charge >= 0.3 is 12.1 Å². The average molecular weight is 315 g/mol. The molecule has 1 aromatic carbocycles. The van der Waals surface area contributed by atoms with Gasteiger partial charge in [-0.2, -0.15) is 13.2 Å². The number of pyridine rings is 1. The summed E-state index contributed by atoms with van der Waals surface area (Å²) in [6, 6.07) is 3.89. The van der Waals surface area contributed by atoms with Gasteiger partial charge in [0.25, 0.3) is 0 Å². The zero-order valence-corrected chi connectivity index (χ0v) is 11.1. The van der Waals surface area contributed by atoms with Crippen LogP contribution in [0.2, 0.25) is 0 Å². The minimum Gasteiger partial charge on any atom is -0.497 e. The highest BCUT2D eigenvalue weighted by atomic mass is 19.4. The molecular weight excluding hydrogens is 306 g/mol. The van der Waals surface area contributed by atoms with E-state index in [1.165, 1.54) is 13.2 Å². The monoisotopic (exact) mass is 315 g/mol. The van der Waals surface area contributed by atoms with Crippen LogP contribution in [0, 0.1) is 5.82 Å². The van der Waals surface area contributed by atoms with E-state index in [0.717, 1.165) is 12.1 Å². The SMILES string of the molecule is COc1ccc(F)c(-c2ncc(C(F)(F)F)cc2C(=O)O)c1. The number of benzene rings is 1. The van der Waals surface area contributed by atoms with E-state index in [4.69, 9.17) is 9.84 Å². The van der Waals surface area contributed by atoms with Crippen LogP contribution >= 0.6 is 0 Å². The van der Waals surface area contributed by atoms with E-state index in [2.05, 4.69) is 4.98 Å². The third-order valence-corrected chi connectivity index (χ3v) is 2.87. The molecule has 2 aromatic rings. The van der Waals surface area contributed by atoms with Crippen molar-refractivity contribution in [1.29, 1.82) is 0 Å². The molecule has 1 aromatic heterocycles. The number of hydrogen-bond donors (Lipinski definition) is 1. The predicted octanol–water partition coefficient (Wildman–Crippen LogP) is 3.61. The first-order valence-electron chi connectivity index (χ1n) is 5.88. The molecule has 0 radical (unpaired) electrons. The predicted molar refractivity (Wildman–Crippen MR) is 68.1 cm³/mol. The second-order valence-corrected chi connectivity index (χ2v) is 4.27. The fourth-order valence-corrected chi connectivity index (χ4v) is 1.81. The molecule has 0 spiro atoms. The van der Waals surface area contributed by atoms with Gasteiger partial charge in [0.1, 0.15) is 11.6 Å². The summed E-state index contributed by atoms with van der Waals surface area (Å²) in [6.07, 6.45) is -4.29. The summed E-state index contributed by atoms with van der Waals surface area (Å²) in [5, 5.41) is 9.07. The highest BCUT2D eigenvalue weighted by Crippen LogP contribution is 2.33. The second kappa shape index (κ2) is 5.63. The summed E-state index contributed by atoms with van der Waals surface area (Å²) in [4.78, 5) is 14.7. The molecule has 1 heterocycles. The van der Waals surface area contributed by atoms with Crippen LogP contribution in [0.25, 0.3) is 11.3 Å². The maximum absolute atomic E-state index is 13.9. The Kier molecular flexibility index (Phi) is 4.03. The molecule has 0 unspecified atom stereocenters. The van der Waals surface area contributed by atoms with Gasteiger partial charge in [0.05, 0.1) is 23.9 Å². The van der Waals surface area contributed by atoms with Gasteiger partial charge < -0.3 is 9.84 Å². The van der Waals surface area contributed by atoms with Gasteiger partial charge in [0.15, 0.2) is 0 Å². The number of alkyl halides is 3. The zero-order chi connectivity index (χ0) is 16.5. The minimum absolute atomic E-state index is 0.217. The smallest absolute Gasteiger partial charge is 0.417 e. The molecule has 0 aliphatic heterocycles. The molecule has 0 saturated heterocycles. The van der Waals surface area contributed by atoms with E-state index < -0.39 is 34.8 Å². The molecule has 0 atom stereocenters. The molecule has 0 fully saturated rings. The van der Waals surface area contributed by atoms with Gasteiger partial charge in [0, 0.05) is 11.8 Å². The number of carboxylic acids is 1. The normalized spacial score (nSPS) is 11.3. The van der Waals surface area contributed by atoms with Crippen LogP contribution in [0.15, 0.2) is 30.5 Å². The van der Waals surface area contributed by atoms with Crippen molar-refractivity contribution < 1.29 is 32.2 Å². The minimum atomic E-state index is -4.75. The lowest BCUT2D eigenvalue weighted by atomic mass is 10.0. The molecule has 116 valence electrons. The van der Waals surface area contributed by atoms with Crippen molar-refractivity contribution in [2.24, 2.45) is 0 Å². The topological polar surface area (TPSA) is 59.4 Å². The molecule has 0 saturated carbocycles. The standard InChI is InChI=1S/C14H9F4NO3/c1-22-8-2-3-11(15)9(5-8)12-10(13(20)21)4-7(6-19-12)14(16,17)18/h2-6H,1H3,(H,20,21). The number of nitrogens with zero attached hydrogens (tertiary/aromatic N) is 1. The van der Waals surface area contributed by atoms with E-state index in [0.29, 0.717) is 12.3 Å². The van der Waals surface area contributed by atoms with Crippen LogP contribution in [0.5, 0.6) is 5.75 Å². The van der Waals surface area contributed by atoms with Gasteiger partial charge in [-0.15, -0.1) is 0 Å². The van der Waals surface area contributed by atoms with Gasteiger partial charge in [0.2, 0.25) is 0 Å². The van der Waals surface area contributed by atoms with E-state index in [1.807, 2.05) is 0 Å².